The van der Waals surface area contributed by atoms with Gasteiger partial charge in [-0.1, -0.05) is 30.3 Å². The van der Waals surface area contributed by atoms with Gasteiger partial charge in [0.2, 0.25) is 0 Å². The van der Waals surface area contributed by atoms with Gasteiger partial charge in [-0.15, -0.1) is 0 Å². The van der Waals surface area contributed by atoms with Crippen molar-refractivity contribution >= 4 is 0 Å². The predicted octanol–water partition coefficient (Wildman–Crippen LogP) is 5.41. The predicted molar refractivity (Wildman–Crippen MR) is 104 cm³/mol. The fraction of sp³-hybridized carbons (Fsp3) is 0.455. The fourth-order valence-electron chi connectivity index (χ4n) is 3.74. The summed E-state index contributed by atoms with van der Waals surface area (Å²) in [7, 11) is 0. The molecule has 0 aliphatic carbocycles. The van der Waals surface area contributed by atoms with Crippen LogP contribution in [0, 0.1) is 0 Å². The second-order valence-electron chi connectivity index (χ2n) is 7.92. The SMILES string of the molecule is CC(OCC1(c2ccccc2)CCC(N)CN1)c1cc(C(F)(F)F)cc(C(F)(F)F)c1. The Kier molecular flexibility index (Phi) is 6.69. The fourth-order valence-corrected chi connectivity index (χ4v) is 3.74. The van der Waals surface area contributed by atoms with Gasteiger partial charge in [-0.2, -0.15) is 26.3 Å². The van der Waals surface area contributed by atoms with E-state index >= 15 is 0 Å². The molecule has 3 rings (SSSR count). The van der Waals surface area contributed by atoms with Crippen molar-refractivity contribution in [3.63, 3.8) is 0 Å². The highest BCUT2D eigenvalue weighted by Crippen LogP contribution is 2.38. The molecule has 2 aromatic carbocycles. The van der Waals surface area contributed by atoms with Gasteiger partial charge in [-0.3, -0.25) is 0 Å². The van der Waals surface area contributed by atoms with Crippen LogP contribution in [0.1, 0.15) is 48.1 Å². The van der Waals surface area contributed by atoms with Gasteiger partial charge in [-0.05, 0) is 49.1 Å². The van der Waals surface area contributed by atoms with Crippen LogP contribution in [0.15, 0.2) is 48.5 Å². The number of nitrogens with one attached hydrogen (secondary N) is 1. The zero-order valence-corrected chi connectivity index (χ0v) is 16.9. The number of halogens is 6. The number of piperidine rings is 1. The van der Waals surface area contributed by atoms with Crippen molar-refractivity contribution < 1.29 is 31.1 Å². The molecule has 0 saturated carbocycles. The van der Waals surface area contributed by atoms with E-state index in [1.54, 1.807) is 0 Å². The van der Waals surface area contributed by atoms with Crippen molar-refractivity contribution in [3.05, 3.63) is 70.8 Å². The van der Waals surface area contributed by atoms with Crippen LogP contribution < -0.4 is 11.1 Å². The van der Waals surface area contributed by atoms with Crippen molar-refractivity contribution in [2.24, 2.45) is 5.73 Å². The summed E-state index contributed by atoms with van der Waals surface area (Å²) in [6, 6.07) is 10.9. The molecule has 0 radical (unpaired) electrons. The summed E-state index contributed by atoms with van der Waals surface area (Å²) in [6.45, 7) is 2.04. The van der Waals surface area contributed by atoms with E-state index in [-0.39, 0.29) is 24.3 Å². The third-order valence-electron chi connectivity index (χ3n) is 5.63. The largest absolute Gasteiger partial charge is 0.416 e. The van der Waals surface area contributed by atoms with Crippen molar-refractivity contribution in [2.45, 2.75) is 49.8 Å². The Bertz CT molecular complexity index is 842. The minimum Gasteiger partial charge on any atom is -0.372 e. The zero-order chi connectivity index (χ0) is 22.9. The second kappa shape index (κ2) is 8.80. The van der Waals surface area contributed by atoms with Crippen molar-refractivity contribution in [1.82, 2.24) is 5.32 Å². The van der Waals surface area contributed by atoms with Gasteiger partial charge in [0, 0.05) is 12.6 Å². The normalized spacial score (nSPS) is 23.5. The summed E-state index contributed by atoms with van der Waals surface area (Å²) in [5.41, 5.74) is 3.39. The van der Waals surface area contributed by atoms with E-state index in [1.807, 2.05) is 30.3 Å². The van der Waals surface area contributed by atoms with Gasteiger partial charge in [0.05, 0.1) is 29.4 Å². The molecule has 1 fully saturated rings. The Labute approximate surface area is 176 Å². The molecule has 9 heteroatoms. The Morgan fingerprint density at radius 2 is 1.61 bits per heavy atom. The number of hydrogen-bond donors (Lipinski definition) is 2. The molecule has 1 heterocycles. The van der Waals surface area contributed by atoms with E-state index in [9.17, 15) is 26.3 Å². The van der Waals surface area contributed by atoms with Gasteiger partial charge in [0.15, 0.2) is 0 Å². The molecule has 3 unspecified atom stereocenters. The molecule has 1 aliphatic heterocycles. The van der Waals surface area contributed by atoms with E-state index in [1.165, 1.54) is 6.92 Å². The molecule has 0 aromatic heterocycles. The van der Waals surface area contributed by atoms with Crippen LogP contribution in [-0.2, 0) is 22.6 Å². The Balaban J connectivity index is 1.87. The number of alkyl halides is 6. The lowest BCUT2D eigenvalue weighted by molar-refractivity contribution is -0.143. The van der Waals surface area contributed by atoms with Crippen LogP contribution in [-0.4, -0.2) is 19.2 Å². The average molecular weight is 446 g/mol. The highest BCUT2D eigenvalue weighted by Gasteiger charge is 2.39. The maximum atomic E-state index is 13.2. The monoisotopic (exact) mass is 446 g/mol. The molecule has 0 amide bonds. The van der Waals surface area contributed by atoms with Crippen LogP contribution in [0.2, 0.25) is 0 Å². The summed E-state index contributed by atoms with van der Waals surface area (Å²) >= 11 is 0. The lowest BCUT2D eigenvalue weighted by Crippen LogP contribution is -2.55. The lowest BCUT2D eigenvalue weighted by atomic mass is 9.81. The molecule has 3 atom stereocenters. The molecule has 170 valence electrons. The van der Waals surface area contributed by atoms with Gasteiger partial charge in [-0.25, -0.2) is 0 Å². The van der Waals surface area contributed by atoms with E-state index in [2.05, 4.69) is 5.32 Å². The Morgan fingerprint density at radius 3 is 2.10 bits per heavy atom. The zero-order valence-electron chi connectivity index (χ0n) is 16.9. The Morgan fingerprint density at radius 1 is 1.03 bits per heavy atom. The van der Waals surface area contributed by atoms with E-state index in [0.717, 1.165) is 5.56 Å². The Hall–Kier alpha value is -2.10. The third-order valence-corrected chi connectivity index (χ3v) is 5.63. The van der Waals surface area contributed by atoms with Gasteiger partial charge in [0.1, 0.15) is 0 Å². The first-order valence-electron chi connectivity index (χ1n) is 9.88. The molecule has 31 heavy (non-hydrogen) atoms. The minimum atomic E-state index is -4.90. The van der Waals surface area contributed by atoms with Gasteiger partial charge in [0.25, 0.3) is 0 Å². The molecule has 0 bridgehead atoms. The molecule has 0 spiro atoms. The standard InChI is InChI=1S/C22H24F6N2O/c1-14(15-9-17(21(23,24)25)11-18(10-15)22(26,27)28)31-13-20(8-7-19(29)12-30-20)16-5-3-2-4-6-16/h2-6,9-11,14,19,30H,7-8,12-13,29H2,1H3. The number of hydrogen-bond acceptors (Lipinski definition) is 3. The molecular formula is C22H24F6N2O. The van der Waals surface area contributed by atoms with Crippen molar-refractivity contribution in [3.8, 4) is 0 Å². The number of nitrogens with two attached hydrogens (primary N) is 1. The van der Waals surface area contributed by atoms with Crippen molar-refractivity contribution in [2.75, 3.05) is 13.2 Å². The minimum absolute atomic E-state index is 0.0351. The quantitative estimate of drug-likeness (QED) is 0.604. The van der Waals surface area contributed by atoms with E-state index < -0.39 is 35.1 Å². The maximum Gasteiger partial charge on any atom is 0.416 e. The summed E-state index contributed by atoms with van der Waals surface area (Å²) in [5, 5.41) is 3.37. The highest BCUT2D eigenvalue weighted by molar-refractivity contribution is 5.35. The molecule has 3 nitrogen and oxygen atoms in total. The number of benzene rings is 2. The first kappa shape index (κ1) is 23.6. The second-order valence-corrected chi connectivity index (χ2v) is 7.92. The lowest BCUT2D eigenvalue weighted by Gasteiger charge is -2.41. The van der Waals surface area contributed by atoms with Crippen LogP contribution in [0.5, 0.6) is 0 Å². The summed E-state index contributed by atoms with van der Waals surface area (Å²) in [4.78, 5) is 0. The summed E-state index contributed by atoms with van der Waals surface area (Å²) < 4.78 is 84.8. The molecule has 1 aliphatic rings. The first-order chi connectivity index (χ1) is 14.4. The van der Waals surface area contributed by atoms with Gasteiger partial charge >= 0.3 is 12.4 Å². The van der Waals surface area contributed by atoms with Crippen LogP contribution in [0.4, 0.5) is 26.3 Å². The maximum absolute atomic E-state index is 13.2. The number of rotatable bonds is 5. The number of ether oxygens (including phenoxy) is 1. The van der Waals surface area contributed by atoms with E-state index in [4.69, 9.17) is 10.5 Å². The van der Waals surface area contributed by atoms with Crippen LogP contribution >= 0.6 is 0 Å². The molecule has 1 saturated heterocycles. The smallest absolute Gasteiger partial charge is 0.372 e. The van der Waals surface area contributed by atoms with Gasteiger partial charge < -0.3 is 15.8 Å². The molecule has 2 aromatic rings. The highest BCUT2D eigenvalue weighted by atomic mass is 19.4. The third kappa shape index (κ3) is 5.58. The summed E-state index contributed by atoms with van der Waals surface area (Å²) in [6.07, 6.45) is -9.45. The summed E-state index contributed by atoms with van der Waals surface area (Å²) in [5.74, 6) is 0. The topological polar surface area (TPSA) is 47.3 Å². The van der Waals surface area contributed by atoms with Crippen molar-refractivity contribution in [1.29, 1.82) is 0 Å². The first-order valence-corrected chi connectivity index (χ1v) is 9.88. The van der Waals surface area contributed by atoms with Crippen LogP contribution in [0.3, 0.4) is 0 Å². The van der Waals surface area contributed by atoms with Crippen LogP contribution in [0.25, 0.3) is 0 Å². The average Bonchev–Trinajstić information content (AvgIpc) is 2.72. The molecule has 3 N–H and O–H groups in total. The molecular weight excluding hydrogens is 422 g/mol. The van der Waals surface area contributed by atoms with E-state index in [0.29, 0.717) is 31.5 Å².